The summed E-state index contributed by atoms with van der Waals surface area (Å²) in [6, 6.07) is 7.58. The van der Waals surface area contributed by atoms with Crippen molar-refractivity contribution in [2.45, 2.75) is 58.2 Å². The molecule has 1 aliphatic rings. The second-order valence-corrected chi connectivity index (χ2v) is 6.76. The third-order valence-electron chi connectivity index (χ3n) is 4.75. The molecule has 1 aliphatic heterocycles. The van der Waals surface area contributed by atoms with Crippen LogP contribution in [0.5, 0.6) is 0 Å². The summed E-state index contributed by atoms with van der Waals surface area (Å²) in [6.45, 7) is 5.53. The van der Waals surface area contributed by atoms with Crippen LogP contribution in [-0.4, -0.2) is 22.9 Å². The summed E-state index contributed by atoms with van der Waals surface area (Å²) in [5.41, 5.74) is 6.05. The van der Waals surface area contributed by atoms with Gasteiger partial charge in [-0.2, -0.15) is 5.26 Å². The number of benzene rings is 1. The predicted octanol–water partition coefficient (Wildman–Crippen LogP) is 3.14. The van der Waals surface area contributed by atoms with Crippen molar-refractivity contribution in [3.8, 4) is 6.07 Å². The van der Waals surface area contributed by atoms with Crippen LogP contribution in [-0.2, 0) is 4.79 Å². The molecule has 1 heterocycles. The standard InChI is InChI=1S/C18H24FN3O/c1-4-14(21)17(23)22-15(12-6-5-7-13(19)10-12)8-9-16(22)18(2,3)11-20/h5-7,10,14-16H,4,8-9,21H2,1-3H3/t14?,15-,16+/m0/s1. The van der Waals surface area contributed by atoms with Crippen LogP contribution in [0.3, 0.4) is 0 Å². The normalized spacial score (nSPS) is 22.7. The molecule has 0 spiro atoms. The van der Waals surface area contributed by atoms with Crippen molar-refractivity contribution < 1.29 is 9.18 Å². The van der Waals surface area contributed by atoms with Crippen LogP contribution in [0.15, 0.2) is 24.3 Å². The van der Waals surface area contributed by atoms with E-state index in [9.17, 15) is 14.4 Å². The minimum absolute atomic E-state index is 0.160. The number of hydrogen-bond donors (Lipinski definition) is 1. The van der Waals surface area contributed by atoms with Gasteiger partial charge in [0.15, 0.2) is 0 Å². The zero-order valence-electron chi connectivity index (χ0n) is 13.9. The van der Waals surface area contributed by atoms with E-state index < -0.39 is 11.5 Å². The van der Waals surface area contributed by atoms with Gasteiger partial charge in [-0.3, -0.25) is 4.79 Å². The lowest BCUT2D eigenvalue weighted by Crippen LogP contribution is -2.50. The minimum Gasteiger partial charge on any atom is -0.330 e. The summed E-state index contributed by atoms with van der Waals surface area (Å²) >= 11 is 0. The first-order valence-corrected chi connectivity index (χ1v) is 8.06. The summed E-state index contributed by atoms with van der Waals surface area (Å²) in [6.07, 6.45) is 1.95. The highest BCUT2D eigenvalue weighted by Gasteiger charge is 2.46. The lowest BCUT2D eigenvalue weighted by atomic mass is 9.84. The van der Waals surface area contributed by atoms with E-state index in [0.717, 1.165) is 5.56 Å². The smallest absolute Gasteiger partial charge is 0.240 e. The van der Waals surface area contributed by atoms with Crippen molar-refractivity contribution in [3.05, 3.63) is 35.6 Å². The maximum Gasteiger partial charge on any atom is 0.240 e. The number of halogens is 1. The summed E-state index contributed by atoms with van der Waals surface area (Å²) in [4.78, 5) is 14.5. The summed E-state index contributed by atoms with van der Waals surface area (Å²) in [5, 5.41) is 9.47. The minimum atomic E-state index is -0.675. The van der Waals surface area contributed by atoms with Crippen molar-refractivity contribution in [1.29, 1.82) is 5.26 Å². The Kier molecular flexibility index (Phi) is 5.06. The number of nitriles is 1. The molecule has 1 saturated heterocycles. The number of nitrogens with two attached hydrogens (primary N) is 1. The average Bonchev–Trinajstić information content (AvgIpc) is 2.99. The first-order valence-electron chi connectivity index (χ1n) is 8.06. The lowest BCUT2D eigenvalue weighted by molar-refractivity contribution is -0.137. The number of carbonyl (C=O) groups excluding carboxylic acids is 1. The fourth-order valence-electron chi connectivity index (χ4n) is 3.31. The van der Waals surface area contributed by atoms with E-state index in [0.29, 0.717) is 19.3 Å². The van der Waals surface area contributed by atoms with Gasteiger partial charge in [-0.1, -0.05) is 19.1 Å². The number of carbonyl (C=O) groups is 1. The second kappa shape index (κ2) is 6.67. The van der Waals surface area contributed by atoms with Crippen molar-refractivity contribution in [3.63, 3.8) is 0 Å². The molecule has 1 unspecified atom stereocenters. The monoisotopic (exact) mass is 317 g/mol. The number of amides is 1. The van der Waals surface area contributed by atoms with Gasteiger partial charge in [-0.15, -0.1) is 0 Å². The fourth-order valence-corrected chi connectivity index (χ4v) is 3.31. The van der Waals surface area contributed by atoms with Crippen molar-refractivity contribution in [1.82, 2.24) is 4.90 Å². The molecular formula is C18H24FN3O. The summed E-state index contributed by atoms with van der Waals surface area (Å²) in [5.74, 6) is -0.481. The second-order valence-electron chi connectivity index (χ2n) is 6.76. The van der Waals surface area contributed by atoms with Crippen LogP contribution in [0.1, 0.15) is 51.6 Å². The van der Waals surface area contributed by atoms with E-state index >= 15 is 0 Å². The molecular weight excluding hydrogens is 293 g/mol. The van der Waals surface area contributed by atoms with Crippen molar-refractivity contribution in [2.75, 3.05) is 0 Å². The molecule has 1 aromatic rings. The highest BCUT2D eigenvalue weighted by Crippen LogP contribution is 2.43. The molecule has 5 heteroatoms. The number of hydrogen-bond acceptors (Lipinski definition) is 3. The maximum atomic E-state index is 13.6. The van der Waals surface area contributed by atoms with Crippen LogP contribution in [0.4, 0.5) is 4.39 Å². The molecule has 1 aromatic carbocycles. The molecule has 3 atom stereocenters. The Hall–Kier alpha value is -1.93. The van der Waals surface area contributed by atoms with Gasteiger partial charge < -0.3 is 10.6 Å². The van der Waals surface area contributed by atoms with E-state index in [-0.39, 0.29) is 23.8 Å². The number of likely N-dealkylation sites (tertiary alicyclic amines) is 1. The van der Waals surface area contributed by atoms with Crippen LogP contribution in [0.2, 0.25) is 0 Å². The highest BCUT2D eigenvalue weighted by molar-refractivity contribution is 5.82. The summed E-state index contributed by atoms with van der Waals surface area (Å²) < 4.78 is 13.6. The zero-order chi connectivity index (χ0) is 17.2. The first-order chi connectivity index (χ1) is 10.8. The molecule has 4 nitrogen and oxygen atoms in total. The Bertz CT molecular complexity index is 623. The molecule has 1 amide bonds. The van der Waals surface area contributed by atoms with E-state index in [2.05, 4.69) is 6.07 Å². The molecule has 0 bridgehead atoms. The summed E-state index contributed by atoms with van der Waals surface area (Å²) in [7, 11) is 0. The largest absolute Gasteiger partial charge is 0.330 e. The van der Waals surface area contributed by atoms with Crippen molar-refractivity contribution >= 4 is 5.91 Å². The van der Waals surface area contributed by atoms with Gasteiger partial charge in [0, 0.05) is 0 Å². The van der Waals surface area contributed by atoms with Crippen LogP contribution >= 0.6 is 0 Å². The molecule has 2 rings (SSSR count). The Morgan fingerprint density at radius 2 is 2.22 bits per heavy atom. The molecule has 1 fully saturated rings. The van der Waals surface area contributed by atoms with Gasteiger partial charge in [-0.05, 0) is 50.8 Å². The quantitative estimate of drug-likeness (QED) is 0.927. The first kappa shape index (κ1) is 17.4. The molecule has 0 aliphatic carbocycles. The molecule has 2 N–H and O–H groups in total. The predicted molar refractivity (Wildman–Crippen MR) is 86.7 cm³/mol. The SMILES string of the molecule is CCC(N)C(=O)N1[C@H](c2cccc(F)c2)CC[C@@H]1C(C)(C)C#N. The van der Waals surface area contributed by atoms with E-state index in [1.54, 1.807) is 11.0 Å². The van der Waals surface area contributed by atoms with Gasteiger partial charge in [-0.25, -0.2) is 4.39 Å². The molecule has 0 saturated carbocycles. The Morgan fingerprint density at radius 1 is 1.52 bits per heavy atom. The zero-order valence-corrected chi connectivity index (χ0v) is 13.9. The number of nitrogens with zero attached hydrogens (tertiary/aromatic N) is 2. The van der Waals surface area contributed by atoms with Crippen LogP contribution in [0.25, 0.3) is 0 Å². The van der Waals surface area contributed by atoms with Crippen LogP contribution in [0, 0.1) is 22.6 Å². The molecule has 124 valence electrons. The topological polar surface area (TPSA) is 70.1 Å². The molecule has 23 heavy (non-hydrogen) atoms. The Morgan fingerprint density at radius 3 is 2.78 bits per heavy atom. The van der Waals surface area contributed by atoms with E-state index in [1.165, 1.54) is 12.1 Å². The van der Waals surface area contributed by atoms with Crippen molar-refractivity contribution in [2.24, 2.45) is 11.1 Å². The number of rotatable bonds is 4. The van der Waals surface area contributed by atoms with Gasteiger partial charge in [0.25, 0.3) is 0 Å². The van der Waals surface area contributed by atoms with E-state index in [4.69, 9.17) is 5.73 Å². The average molecular weight is 317 g/mol. The lowest BCUT2D eigenvalue weighted by Gasteiger charge is -2.37. The highest BCUT2D eigenvalue weighted by atomic mass is 19.1. The Balaban J connectivity index is 2.43. The Labute approximate surface area is 137 Å². The third kappa shape index (κ3) is 3.37. The van der Waals surface area contributed by atoms with E-state index in [1.807, 2.05) is 26.8 Å². The van der Waals surface area contributed by atoms with Crippen LogP contribution < -0.4 is 5.73 Å². The van der Waals surface area contributed by atoms with Gasteiger partial charge >= 0.3 is 0 Å². The molecule has 0 radical (unpaired) electrons. The molecule has 0 aromatic heterocycles. The van der Waals surface area contributed by atoms with Gasteiger partial charge in [0.2, 0.25) is 5.91 Å². The third-order valence-corrected chi connectivity index (χ3v) is 4.75. The maximum absolute atomic E-state index is 13.6. The van der Waals surface area contributed by atoms with Gasteiger partial charge in [0.1, 0.15) is 5.82 Å². The fraction of sp³-hybridized carbons (Fsp3) is 0.556. The van der Waals surface area contributed by atoms with Gasteiger partial charge in [0.05, 0.1) is 29.6 Å².